The minimum Gasteiger partial charge on any atom is -0.317 e. The minimum atomic E-state index is -4.31. The number of nitrogens with one attached hydrogen (secondary N) is 2. The first-order valence-electron chi connectivity index (χ1n) is 6.79. The Morgan fingerprint density at radius 1 is 1.38 bits per heavy atom. The summed E-state index contributed by atoms with van der Waals surface area (Å²) < 4.78 is 36.7. The number of nitrogens with zero attached hydrogens (tertiary/aromatic N) is 2. The highest BCUT2D eigenvalue weighted by molar-refractivity contribution is 7.15. The molecule has 1 aliphatic carbocycles. The molecule has 9 heteroatoms. The van der Waals surface area contributed by atoms with Crippen LogP contribution in [-0.4, -0.2) is 35.4 Å². The Morgan fingerprint density at radius 3 is 2.76 bits per heavy atom. The molecule has 1 amide bonds. The van der Waals surface area contributed by atoms with Gasteiger partial charge in [0.2, 0.25) is 11.0 Å². The maximum atomic E-state index is 12.2. The molecule has 1 aliphatic heterocycles. The van der Waals surface area contributed by atoms with Crippen molar-refractivity contribution in [3.8, 4) is 0 Å². The van der Waals surface area contributed by atoms with Gasteiger partial charge in [-0.1, -0.05) is 11.3 Å². The first-order chi connectivity index (χ1) is 9.88. The third-order valence-electron chi connectivity index (χ3n) is 4.15. The number of alkyl halides is 3. The van der Waals surface area contributed by atoms with Crippen LogP contribution in [0.5, 0.6) is 0 Å². The van der Waals surface area contributed by atoms with Gasteiger partial charge in [0.15, 0.2) is 0 Å². The number of anilines is 1. The van der Waals surface area contributed by atoms with Crippen LogP contribution >= 0.6 is 11.3 Å². The standard InChI is InChI=1S/C12H15F3N4OS/c13-12(14,15)6-8-18-19-10(21-8)17-9(20)7-5-11(7)1-3-16-4-2-11/h7,16H,1-6H2,(H,17,19,20). The molecule has 1 aromatic rings. The van der Waals surface area contributed by atoms with Crippen molar-refractivity contribution in [2.24, 2.45) is 11.3 Å². The number of hydrogen-bond donors (Lipinski definition) is 2. The molecule has 3 rings (SSSR count). The summed E-state index contributed by atoms with van der Waals surface area (Å²) in [4.78, 5) is 12.1. The van der Waals surface area contributed by atoms with E-state index in [1.54, 1.807) is 0 Å². The van der Waals surface area contributed by atoms with Gasteiger partial charge in [0.05, 0.1) is 6.42 Å². The SMILES string of the molecule is O=C(Nc1nnc(CC(F)(F)F)s1)C1CC12CCNCC2. The van der Waals surface area contributed by atoms with Crippen LogP contribution < -0.4 is 10.6 Å². The van der Waals surface area contributed by atoms with E-state index in [0.717, 1.165) is 43.7 Å². The summed E-state index contributed by atoms with van der Waals surface area (Å²) in [5.74, 6) is -0.193. The summed E-state index contributed by atoms with van der Waals surface area (Å²) in [6.07, 6.45) is -2.62. The summed E-state index contributed by atoms with van der Waals surface area (Å²) >= 11 is 0.782. The van der Waals surface area contributed by atoms with Gasteiger partial charge in [-0.3, -0.25) is 4.79 Å². The molecular formula is C12H15F3N4OS. The molecule has 21 heavy (non-hydrogen) atoms. The molecule has 5 nitrogen and oxygen atoms in total. The molecule has 1 saturated heterocycles. The Kier molecular flexibility index (Phi) is 3.64. The van der Waals surface area contributed by atoms with E-state index in [9.17, 15) is 18.0 Å². The highest BCUT2D eigenvalue weighted by atomic mass is 32.1. The van der Waals surface area contributed by atoms with Crippen molar-refractivity contribution < 1.29 is 18.0 Å². The van der Waals surface area contributed by atoms with E-state index in [1.807, 2.05) is 0 Å². The lowest BCUT2D eigenvalue weighted by Crippen LogP contribution is -2.31. The molecule has 2 heterocycles. The molecule has 116 valence electrons. The fourth-order valence-corrected chi connectivity index (χ4v) is 3.71. The average molecular weight is 320 g/mol. The van der Waals surface area contributed by atoms with Crippen molar-refractivity contribution in [3.63, 3.8) is 0 Å². The van der Waals surface area contributed by atoms with Crippen LogP contribution in [0.25, 0.3) is 0 Å². The van der Waals surface area contributed by atoms with Crippen LogP contribution in [0, 0.1) is 11.3 Å². The maximum Gasteiger partial charge on any atom is 0.395 e. The van der Waals surface area contributed by atoms with Gasteiger partial charge in [-0.15, -0.1) is 10.2 Å². The summed E-state index contributed by atoms with van der Waals surface area (Å²) in [6.45, 7) is 1.83. The van der Waals surface area contributed by atoms with Crippen molar-refractivity contribution >= 4 is 22.4 Å². The quantitative estimate of drug-likeness (QED) is 0.893. The van der Waals surface area contributed by atoms with Gasteiger partial charge in [0.25, 0.3) is 0 Å². The number of amides is 1. The van der Waals surface area contributed by atoms with Crippen LogP contribution in [0.15, 0.2) is 0 Å². The topological polar surface area (TPSA) is 66.9 Å². The van der Waals surface area contributed by atoms with Crippen LogP contribution in [0.2, 0.25) is 0 Å². The fourth-order valence-electron chi connectivity index (χ4n) is 2.94. The lowest BCUT2D eigenvalue weighted by molar-refractivity contribution is -0.127. The first-order valence-corrected chi connectivity index (χ1v) is 7.60. The number of piperidine rings is 1. The largest absolute Gasteiger partial charge is 0.395 e. The number of carbonyl (C=O) groups excluding carboxylic acids is 1. The molecule has 0 radical (unpaired) electrons. The molecule has 2 N–H and O–H groups in total. The molecule has 1 atom stereocenters. The molecule has 2 fully saturated rings. The van der Waals surface area contributed by atoms with Gasteiger partial charge in [0.1, 0.15) is 5.01 Å². The van der Waals surface area contributed by atoms with Gasteiger partial charge in [-0.05, 0) is 37.8 Å². The third-order valence-corrected chi connectivity index (χ3v) is 4.99. The van der Waals surface area contributed by atoms with Crippen LogP contribution in [0.4, 0.5) is 18.3 Å². The second-order valence-electron chi connectivity index (χ2n) is 5.65. The van der Waals surface area contributed by atoms with Crippen LogP contribution in [0.3, 0.4) is 0 Å². The highest BCUT2D eigenvalue weighted by Crippen LogP contribution is 2.58. The maximum absolute atomic E-state index is 12.2. The smallest absolute Gasteiger partial charge is 0.317 e. The van der Waals surface area contributed by atoms with E-state index in [-0.39, 0.29) is 27.4 Å². The summed E-state index contributed by atoms with van der Waals surface area (Å²) in [5, 5.41) is 12.9. The fraction of sp³-hybridized carbons (Fsp3) is 0.750. The second-order valence-corrected chi connectivity index (χ2v) is 6.71. The molecule has 1 unspecified atom stereocenters. The monoisotopic (exact) mass is 320 g/mol. The number of hydrogen-bond acceptors (Lipinski definition) is 5. The van der Waals surface area contributed by atoms with Gasteiger partial charge in [-0.2, -0.15) is 13.2 Å². The van der Waals surface area contributed by atoms with Crippen molar-refractivity contribution in [2.45, 2.75) is 31.9 Å². The summed E-state index contributed by atoms with van der Waals surface area (Å²) in [5.41, 5.74) is 0.0921. The van der Waals surface area contributed by atoms with Crippen molar-refractivity contribution in [1.29, 1.82) is 0 Å². The Morgan fingerprint density at radius 2 is 2.10 bits per heavy atom. The molecule has 1 aromatic heterocycles. The van der Waals surface area contributed by atoms with Gasteiger partial charge in [-0.25, -0.2) is 0 Å². The number of aromatic nitrogens is 2. The molecule has 1 spiro atoms. The van der Waals surface area contributed by atoms with E-state index >= 15 is 0 Å². The normalized spacial score (nSPS) is 24.0. The van der Waals surface area contributed by atoms with E-state index in [2.05, 4.69) is 20.8 Å². The predicted octanol–water partition coefficient (Wildman–Crippen LogP) is 1.97. The zero-order valence-corrected chi connectivity index (χ0v) is 12.0. The Balaban J connectivity index is 1.56. The molecule has 2 aliphatic rings. The Labute approximate surface area is 123 Å². The molecule has 1 saturated carbocycles. The molecule has 0 aromatic carbocycles. The van der Waals surface area contributed by atoms with E-state index in [0.29, 0.717) is 0 Å². The Hall–Kier alpha value is -1.22. The van der Waals surface area contributed by atoms with Gasteiger partial charge >= 0.3 is 6.18 Å². The summed E-state index contributed by atoms with van der Waals surface area (Å²) in [6, 6.07) is 0. The molecular weight excluding hydrogens is 305 g/mol. The van der Waals surface area contributed by atoms with E-state index < -0.39 is 12.6 Å². The highest BCUT2D eigenvalue weighted by Gasteiger charge is 2.57. The zero-order valence-electron chi connectivity index (χ0n) is 11.2. The first kappa shape index (κ1) is 14.7. The molecule has 0 bridgehead atoms. The van der Waals surface area contributed by atoms with Gasteiger partial charge in [0, 0.05) is 5.92 Å². The number of halogens is 3. The minimum absolute atomic E-state index is 0.0467. The predicted molar refractivity (Wildman–Crippen MR) is 70.9 cm³/mol. The summed E-state index contributed by atoms with van der Waals surface area (Å²) in [7, 11) is 0. The van der Waals surface area contributed by atoms with Crippen molar-refractivity contribution in [3.05, 3.63) is 5.01 Å². The zero-order chi connectivity index (χ0) is 15.1. The average Bonchev–Trinajstić information content (AvgIpc) is 2.90. The van der Waals surface area contributed by atoms with E-state index in [1.165, 1.54) is 0 Å². The van der Waals surface area contributed by atoms with Crippen LogP contribution in [-0.2, 0) is 11.2 Å². The third kappa shape index (κ3) is 3.34. The lowest BCUT2D eigenvalue weighted by Gasteiger charge is -2.22. The van der Waals surface area contributed by atoms with Crippen molar-refractivity contribution in [2.75, 3.05) is 18.4 Å². The number of rotatable bonds is 3. The van der Waals surface area contributed by atoms with Crippen molar-refractivity contribution in [1.82, 2.24) is 15.5 Å². The second kappa shape index (κ2) is 5.20. The number of carbonyl (C=O) groups is 1. The lowest BCUT2D eigenvalue weighted by atomic mass is 9.92. The van der Waals surface area contributed by atoms with E-state index in [4.69, 9.17) is 0 Å². The van der Waals surface area contributed by atoms with Crippen LogP contribution in [0.1, 0.15) is 24.3 Å². The Bertz CT molecular complexity index is 539. The van der Waals surface area contributed by atoms with Gasteiger partial charge < -0.3 is 10.6 Å².